The number of benzene rings is 1. The third-order valence-corrected chi connectivity index (χ3v) is 5.20. The quantitative estimate of drug-likeness (QED) is 0.575. The Kier molecular flexibility index (Phi) is 8.69. The standard InChI is InChI=1S/C22H32N4O5/c1-4-23-22(27)18-16-31-20(24-18)15-26(9-8-25-10-12-30-13-11-25)14-17-6-5-7-19(28-2)21(17)29-3/h5-7,16H,4,8-15H2,1-3H3,(H,23,27). The van der Waals surface area contributed by atoms with Gasteiger partial charge in [-0.25, -0.2) is 4.98 Å². The summed E-state index contributed by atoms with van der Waals surface area (Å²) in [6.07, 6.45) is 1.41. The summed E-state index contributed by atoms with van der Waals surface area (Å²) in [5, 5.41) is 2.74. The van der Waals surface area contributed by atoms with Crippen LogP contribution in [-0.2, 0) is 17.8 Å². The molecule has 3 rings (SSSR count). The van der Waals surface area contributed by atoms with Crippen molar-refractivity contribution in [3.63, 3.8) is 0 Å². The van der Waals surface area contributed by atoms with E-state index in [1.54, 1.807) is 14.2 Å². The molecule has 2 heterocycles. The normalized spacial score (nSPS) is 14.6. The summed E-state index contributed by atoms with van der Waals surface area (Å²) in [5.74, 6) is 1.69. The molecule has 0 atom stereocenters. The Morgan fingerprint density at radius 2 is 2.03 bits per heavy atom. The maximum absolute atomic E-state index is 12.0. The van der Waals surface area contributed by atoms with Crippen molar-refractivity contribution in [1.82, 2.24) is 20.1 Å². The fourth-order valence-electron chi connectivity index (χ4n) is 3.57. The molecule has 1 N–H and O–H groups in total. The van der Waals surface area contributed by atoms with Gasteiger partial charge >= 0.3 is 0 Å². The number of morpholine rings is 1. The molecular formula is C22H32N4O5. The van der Waals surface area contributed by atoms with Gasteiger partial charge in [-0.05, 0) is 13.0 Å². The number of methoxy groups -OCH3 is 2. The van der Waals surface area contributed by atoms with Gasteiger partial charge in [0.25, 0.3) is 5.91 Å². The number of carbonyl (C=O) groups is 1. The van der Waals surface area contributed by atoms with Crippen LogP contribution in [0.25, 0.3) is 0 Å². The molecule has 1 fully saturated rings. The van der Waals surface area contributed by atoms with Crippen molar-refractivity contribution in [2.75, 3.05) is 60.2 Å². The monoisotopic (exact) mass is 432 g/mol. The molecule has 2 aromatic rings. The summed E-state index contributed by atoms with van der Waals surface area (Å²) < 4.78 is 22.1. The van der Waals surface area contributed by atoms with E-state index in [4.69, 9.17) is 18.6 Å². The lowest BCUT2D eigenvalue weighted by molar-refractivity contribution is 0.0320. The summed E-state index contributed by atoms with van der Waals surface area (Å²) >= 11 is 0. The summed E-state index contributed by atoms with van der Waals surface area (Å²) in [5.41, 5.74) is 1.31. The van der Waals surface area contributed by atoms with Crippen molar-refractivity contribution in [1.29, 1.82) is 0 Å². The lowest BCUT2D eigenvalue weighted by Gasteiger charge is -2.30. The van der Waals surface area contributed by atoms with E-state index in [1.807, 2.05) is 25.1 Å². The summed E-state index contributed by atoms with van der Waals surface area (Å²) in [6.45, 7) is 8.61. The van der Waals surface area contributed by atoms with Gasteiger partial charge in [0.2, 0.25) is 5.89 Å². The van der Waals surface area contributed by atoms with E-state index < -0.39 is 0 Å². The van der Waals surface area contributed by atoms with E-state index in [2.05, 4.69) is 20.1 Å². The molecule has 170 valence electrons. The van der Waals surface area contributed by atoms with Gasteiger partial charge < -0.3 is 23.9 Å². The fourth-order valence-corrected chi connectivity index (χ4v) is 3.57. The van der Waals surface area contributed by atoms with E-state index in [0.717, 1.165) is 50.7 Å². The third-order valence-electron chi connectivity index (χ3n) is 5.20. The first kappa shape index (κ1) is 23.1. The highest BCUT2D eigenvalue weighted by molar-refractivity contribution is 5.91. The second-order valence-electron chi connectivity index (χ2n) is 7.30. The number of carbonyl (C=O) groups excluding carboxylic acids is 1. The van der Waals surface area contributed by atoms with Crippen LogP contribution in [0, 0.1) is 0 Å². The molecule has 1 amide bonds. The first-order valence-corrected chi connectivity index (χ1v) is 10.6. The minimum Gasteiger partial charge on any atom is -0.493 e. The SMILES string of the molecule is CCNC(=O)c1coc(CN(CCN2CCOCC2)Cc2cccc(OC)c2OC)n1. The molecule has 9 heteroatoms. The molecule has 0 bridgehead atoms. The molecule has 31 heavy (non-hydrogen) atoms. The topological polar surface area (TPSA) is 89.3 Å². The summed E-state index contributed by atoms with van der Waals surface area (Å²) in [6, 6.07) is 5.86. The van der Waals surface area contributed by atoms with Gasteiger partial charge in [-0.1, -0.05) is 12.1 Å². The molecule has 1 aromatic carbocycles. The molecule has 1 aliphatic heterocycles. The molecular weight excluding hydrogens is 400 g/mol. The van der Waals surface area contributed by atoms with Gasteiger partial charge in [0.05, 0.1) is 34.0 Å². The molecule has 0 aliphatic carbocycles. The van der Waals surface area contributed by atoms with Gasteiger partial charge in [-0.15, -0.1) is 0 Å². The lowest BCUT2D eigenvalue weighted by Crippen LogP contribution is -2.41. The number of ether oxygens (including phenoxy) is 3. The van der Waals surface area contributed by atoms with Crippen LogP contribution >= 0.6 is 0 Å². The highest BCUT2D eigenvalue weighted by Crippen LogP contribution is 2.31. The van der Waals surface area contributed by atoms with Crippen molar-refractivity contribution in [2.24, 2.45) is 0 Å². The van der Waals surface area contributed by atoms with Crippen LogP contribution in [-0.4, -0.2) is 80.8 Å². The van der Waals surface area contributed by atoms with Crippen LogP contribution in [0.1, 0.15) is 28.9 Å². The molecule has 0 radical (unpaired) electrons. The fraction of sp³-hybridized carbons (Fsp3) is 0.545. The van der Waals surface area contributed by atoms with Crippen molar-refractivity contribution in [3.05, 3.63) is 41.6 Å². The molecule has 1 aromatic heterocycles. The van der Waals surface area contributed by atoms with Crippen molar-refractivity contribution in [3.8, 4) is 11.5 Å². The van der Waals surface area contributed by atoms with Crippen LogP contribution < -0.4 is 14.8 Å². The Hall–Kier alpha value is -2.62. The lowest BCUT2D eigenvalue weighted by atomic mass is 10.1. The van der Waals surface area contributed by atoms with Crippen LogP contribution in [0.2, 0.25) is 0 Å². The summed E-state index contributed by atoms with van der Waals surface area (Å²) in [4.78, 5) is 21.0. The third kappa shape index (κ3) is 6.43. The predicted octanol–water partition coefficient (Wildman–Crippen LogP) is 1.78. The average molecular weight is 433 g/mol. The maximum atomic E-state index is 12.0. The van der Waals surface area contributed by atoms with Gasteiger partial charge in [0.1, 0.15) is 6.26 Å². The van der Waals surface area contributed by atoms with Crippen molar-refractivity contribution < 1.29 is 23.4 Å². The number of para-hydroxylation sites is 1. The van der Waals surface area contributed by atoms with E-state index in [1.165, 1.54) is 6.26 Å². The summed E-state index contributed by atoms with van der Waals surface area (Å²) in [7, 11) is 3.28. The zero-order valence-electron chi connectivity index (χ0n) is 18.6. The van der Waals surface area contributed by atoms with Crippen LogP contribution in [0.3, 0.4) is 0 Å². The largest absolute Gasteiger partial charge is 0.493 e. The highest BCUT2D eigenvalue weighted by Gasteiger charge is 2.19. The number of hydrogen-bond donors (Lipinski definition) is 1. The first-order valence-electron chi connectivity index (χ1n) is 10.6. The average Bonchev–Trinajstić information content (AvgIpc) is 3.26. The highest BCUT2D eigenvalue weighted by atomic mass is 16.5. The van der Waals surface area contributed by atoms with E-state index >= 15 is 0 Å². The molecule has 0 spiro atoms. The van der Waals surface area contributed by atoms with Gasteiger partial charge in [0.15, 0.2) is 17.2 Å². The van der Waals surface area contributed by atoms with Crippen LogP contribution in [0.15, 0.2) is 28.9 Å². The molecule has 1 saturated heterocycles. The molecule has 0 unspecified atom stereocenters. The number of nitrogens with one attached hydrogen (secondary N) is 1. The predicted molar refractivity (Wildman–Crippen MR) is 115 cm³/mol. The number of aromatic nitrogens is 1. The van der Waals surface area contributed by atoms with Gasteiger partial charge in [0, 0.05) is 44.8 Å². The van der Waals surface area contributed by atoms with Crippen molar-refractivity contribution >= 4 is 5.91 Å². The smallest absolute Gasteiger partial charge is 0.273 e. The number of oxazole rings is 1. The number of amides is 1. The number of nitrogens with zero attached hydrogens (tertiary/aromatic N) is 3. The minimum atomic E-state index is -0.230. The zero-order chi connectivity index (χ0) is 22.1. The maximum Gasteiger partial charge on any atom is 0.273 e. The Balaban J connectivity index is 1.74. The molecule has 9 nitrogen and oxygen atoms in total. The Morgan fingerprint density at radius 1 is 1.23 bits per heavy atom. The second-order valence-corrected chi connectivity index (χ2v) is 7.30. The Labute approximate surface area is 183 Å². The van der Waals surface area contributed by atoms with E-state index in [9.17, 15) is 4.79 Å². The van der Waals surface area contributed by atoms with E-state index in [-0.39, 0.29) is 5.91 Å². The molecule has 0 saturated carbocycles. The Bertz CT molecular complexity index is 835. The zero-order valence-corrected chi connectivity index (χ0v) is 18.6. The number of hydrogen-bond acceptors (Lipinski definition) is 8. The first-order chi connectivity index (χ1) is 15.1. The second kappa shape index (κ2) is 11.7. The van der Waals surface area contributed by atoms with E-state index in [0.29, 0.717) is 37.0 Å². The van der Waals surface area contributed by atoms with Crippen LogP contribution in [0.4, 0.5) is 0 Å². The van der Waals surface area contributed by atoms with Crippen LogP contribution in [0.5, 0.6) is 11.5 Å². The molecule has 1 aliphatic rings. The number of rotatable bonds is 11. The van der Waals surface area contributed by atoms with Gasteiger partial charge in [-0.2, -0.15) is 0 Å². The van der Waals surface area contributed by atoms with Gasteiger partial charge in [-0.3, -0.25) is 14.6 Å². The Morgan fingerprint density at radius 3 is 2.74 bits per heavy atom. The van der Waals surface area contributed by atoms with Crippen molar-refractivity contribution in [2.45, 2.75) is 20.0 Å². The minimum absolute atomic E-state index is 0.230.